The van der Waals surface area contributed by atoms with Gasteiger partial charge in [0.15, 0.2) is 0 Å². The molecule has 1 aliphatic rings. The number of carbonyl (C=O) groups is 3. The first kappa shape index (κ1) is 23.9. The van der Waals surface area contributed by atoms with E-state index in [1.54, 1.807) is 25.7 Å². The van der Waals surface area contributed by atoms with Crippen LogP contribution in [-0.2, 0) is 30.3 Å². The van der Waals surface area contributed by atoms with Crippen LogP contribution in [0, 0.1) is 0 Å². The molecule has 0 bridgehead atoms. The number of benzene rings is 1. The van der Waals surface area contributed by atoms with Crippen molar-refractivity contribution < 1.29 is 23.9 Å². The predicted molar refractivity (Wildman–Crippen MR) is 114 cm³/mol. The summed E-state index contributed by atoms with van der Waals surface area (Å²) in [6.45, 7) is 6.27. The monoisotopic (exact) mass is 418 g/mol. The molecule has 0 aromatic heterocycles. The fraction of sp³-hybridized carbons (Fsp3) is 0.609. The van der Waals surface area contributed by atoms with Crippen LogP contribution in [0.15, 0.2) is 30.3 Å². The van der Waals surface area contributed by atoms with E-state index in [0.29, 0.717) is 25.8 Å². The van der Waals surface area contributed by atoms with Crippen molar-refractivity contribution in [3.63, 3.8) is 0 Å². The summed E-state index contributed by atoms with van der Waals surface area (Å²) in [6.07, 6.45) is 3.48. The highest BCUT2D eigenvalue weighted by molar-refractivity contribution is 5.88. The quantitative estimate of drug-likeness (QED) is 0.588. The van der Waals surface area contributed by atoms with Crippen LogP contribution in [0.1, 0.15) is 52.0 Å². The summed E-state index contributed by atoms with van der Waals surface area (Å²) in [5, 5.41) is 3.24. The second kappa shape index (κ2) is 12.3. The first-order valence-corrected chi connectivity index (χ1v) is 10.9. The second-order valence-corrected chi connectivity index (χ2v) is 7.50. The Bertz CT molecular complexity index is 694. The molecule has 3 atom stereocenters. The number of likely N-dealkylation sites (tertiary alicyclic amines) is 1. The molecule has 0 spiro atoms. The van der Waals surface area contributed by atoms with Crippen molar-refractivity contribution in [1.29, 1.82) is 0 Å². The molecule has 7 heteroatoms. The minimum Gasteiger partial charge on any atom is -0.465 e. The van der Waals surface area contributed by atoms with Gasteiger partial charge < -0.3 is 14.4 Å². The number of aryl methyl sites for hydroxylation is 1. The van der Waals surface area contributed by atoms with Crippen molar-refractivity contribution >= 4 is 17.8 Å². The molecule has 0 aliphatic carbocycles. The molecular weight excluding hydrogens is 384 g/mol. The van der Waals surface area contributed by atoms with Gasteiger partial charge in [0.2, 0.25) is 5.91 Å². The third-order valence-corrected chi connectivity index (χ3v) is 5.36. The Morgan fingerprint density at radius 3 is 2.43 bits per heavy atom. The van der Waals surface area contributed by atoms with Crippen molar-refractivity contribution in [2.75, 3.05) is 19.8 Å². The molecular formula is C23H34N2O5. The van der Waals surface area contributed by atoms with Gasteiger partial charge in [-0.05, 0) is 58.4 Å². The summed E-state index contributed by atoms with van der Waals surface area (Å²) >= 11 is 0. The van der Waals surface area contributed by atoms with Crippen LogP contribution in [0.5, 0.6) is 0 Å². The van der Waals surface area contributed by atoms with E-state index in [1.807, 2.05) is 30.3 Å². The fourth-order valence-corrected chi connectivity index (χ4v) is 3.70. The van der Waals surface area contributed by atoms with Gasteiger partial charge in [0.1, 0.15) is 12.1 Å². The summed E-state index contributed by atoms with van der Waals surface area (Å²) in [5.74, 6) is -0.921. The number of nitrogens with one attached hydrogen (secondary N) is 1. The van der Waals surface area contributed by atoms with E-state index in [0.717, 1.165) is 18.4 Å². The van der Waals surface area contributed by atoms with E-state index in [2.05, 4.69) is 5.32 Å². The van der Waals surface area contributed by atoms with E-state index >= 15 is 0 Å². The lowest BCUT2D eigenvalue weighted by molar-refractivity contribution is -0.155. The summed E-state index contributed by atoms with van der Waals surface area (Å²) in [5.41, 5.74) is 1.12. The summed E-state index contributed by atoms with van der Waals surface area (Å²) in [7, 11) is 0. The van der Waals surface area contributed by atoms with Gasteiger partial charge >= 0.3 is 11.9 Å². The van der Waals surface area contributed by atoms with Gasteiger partial charge in [-0.3, -0.25) is 14.9 Å². The van der Waals surface area contributed by atoms with Gasteiger partial charge in [-0.25, -0.2) is 4.79 Å². The van der Waals surface area contributed by atoms with Gasteiger partial charge in [-0.2, -0.15) is 0 Å². The standard InChI is InChI=1S/C23H34N2O5/c1-4-29-22(27)17(3)25-16-10-9-13-19(21(25)26)24-20(23(28)30-5-2)15-14-18-11-7-6-8-12-18/h6-8,11-12,17,19-20,24H,4-5,9-10,13-16H2,1-3H3/t17?,19-,20?/m0/s1. The fourth-order valence-electron chi connectivity index (χ4n) is 3.70. The average Bonchev–Trinajstić information content (AvgIpc) is 2.93. The Morgan fingerprint density at radius 2 is 1.77 bits per heavy atom. The maximum absolute atomic E-state index is 13.2. The van der Waals surface area contributed by atoms with Crippen LogP contribution in [-0.4, -0.2) is 60.6 Å². The van der Waals surface area contributed by atoms with Crippen LogP contribution < -0.4 is 5.32 Å². The van der Waals surface area contributed by atoms with Crippen molar-refractivity contribution in [3.05, 3.63) is 35.9 Å². The van der Waals surface area contributed by atoms with E-state index in [4.69, 9.17) is 9.47 Å². The first-order valence-electron chi connectivity index (χ1n) is 10.9. The molecule has 2 unspecified atom stereocenters. The minimum absolute atomic E-state index is 0.165. The zero-order valence-corrected chi connectivity index (χ0v) is 18.3. The van der Waals surface area contributed by atoms with Crippen LogP contribution in [0.2, 0.25) is 0 Å². The van der Waals surface area contributed by atoms with Crippen molar-refractivity contribution in [3.8, 4) is 0 Å². The van der Waals surface area contributed by atoms with Crippen molar-refractivity contribution in [2.24, 2.45) is 0 Å². The molecule has 0 radical (unpaired) electrons. The maximum atomic E-state index is 13.2. The third-order valence-electron chi connectivity index (χ3n) is 5.36. The summed E-state index contributed by atoms with van der Waals surface area (Å²) in [6, 6.07) is 8.14. The van der Waals surface area contributed by atoms with E-state index < -0.39 is 24.1 Å². The van der Waals surface area contributed by atoms with E-state index in [9.17, 15) is 14.4 Å². The number of ether oxygens (including phenoxy) is 2. The van der Waals surface area contributed by atoms with E-state index in [-0.39, 0.29) is 25.1 Å². The molecule has 1 N–H and O–H groups in total. The zero-order valence-electron chi connectivity index (χ0n) is 18.3. The molecule has 1 heterocycles. The van der Waals surface area contributed by atoms with Crippen LogP contribution in [0.25, 0.3) is 0 Å². The maximum Gasteiger partial charge on any atom is 0.328 e. The molecule has 1 aliphatic heterocycles. The SMILES string of the molecule is CCOC(=O)C(CCc1ccccc1)N[C@H]1CCCCN(C(C)C(=O)OCC)C1=O. The Labute approximate surface area is 179 Å². The number of rotatable bonds is 10. The normalized spacial score (nSPS) is 19.0. The molecule has 0 saturated carbocycles. The van der Waals surface area contributed by atoms with Crippen molar-refractivity contribution in [1.82, 2.24) is 10.2 Å². The number of amides is 1. The van der Waals surface area contributed by atoms with Crippen LogP contribution in [0.4, 0.5) is 0 Å². The van der Waals surface area contributed by atoms with Crippen LogP contribution in [0.3, 0.4) is 0 Å². The van der Waals surface area contributed by atoms with Crippen molar-refractivity contribution in [2.45, 2.75) is 71.0 Å². The largest absolute Gasteiger partial charge is 0.465 e. The number of hydrogen-bond donors (Lipinski definition) is 1. The van der Waals surface area contributed by atoms with Gasteiger partial charge in [-0.15, -0.1) is 0 Å². The lowest BCUT2D eigenvalue weighted by atomic mass is 10.0. The Hall–Kier alpha value is -2.41. The topological polar surface area (TPSA) is 84.9 Å². The Kier molecular flexibility index (Phi) is 9.80. The lowest BCUT2D eigenvalue weighted by Gasteiger charge is -2.30. The molecule has 30 heavy (non-hydrogen) atoms. The molecule has 1 saturated heterocycles. The van der Waals surface area contributed by atoms with Gasteiger partial charge in [-0.1, -0.05) is 30.3 Å². The molecule has 166 valence electrons. The minimum atomic E-state index is -0.648. The Morgan fingerprint density at radius 1 is 1.10 bits per heavy atom. The highest BCUT2D eigenvalue weighted by Gasteiger charge is 2.35. The van der Waals surface area contributed by atoms with Crippen LogP contribution >= 0.6 is 0 Å². The summed E-state index contributed by atoms with van der Waals surface area (Å²) in [4.78, 5) is 39.5. The van der Waals surface area contributed by atoms with E-state index in [1.165, 1.54) is 0 Å². The lowest BCUT2D eigenvalue weighted by Crippen LogP contribution is -2.54. The predicted octanol–water partition coefficient (Wildman–Crippen LogP) is 2.47. The number of hydrogen-bond acceptors (Lipinski definition) is 6. The number of esters is 2. The van der Waals surface area contributed by atoms with Gasteiger partial charge in [0, 0.05) is 6.54 Å². The molecule has 1 fully saturated rings. The molecule has 7 nitrogen and oxygen atoms in total. The molecule has 1 aromatic carbocycles. The number of carbonyl (C=O) groups excluding carboxylic acids is 3. The second-order valence-electron chi connectivity index (χ2n) is 7.50. The highest BCUT2D eigenvalue weighted by Crippen LogP contribution is 2.17. The molecule has 1 aromatic rings. The number of nitrogens with zero attached hydrogens (tertiary/aromatic N) is 1. The molecule has 2 rings (SSSR count). The third kappa shape index (κ3) is 6.83. The average molecular weight is 419 g/mol. The smallest absolute Gasteiger partial charge is 0.328 e. The highest BCUT2D eigenvalue weighted by atomic mass is 16.5. The zero-order chi connectivity index (χ0) is 21.9. The summed E-state index contributed by atoms with van der Waals surface area (Å²) < 4.78 is 10.3. The van der Waals surface area contributed by atoms with Gasteiger partial charge in [0.25, 0.3) is 0 Å². The molecule has 1 amide bonds. The Balaban J connectivity index is 2.10. The first-order chi connectivity index (χ1) is 14.5. The van der Waals surface area contributed by atoms with Gasteiger partial charge in [0.05, 0.1) is 19.3 Å².